The molecule has 1 fully saturated rings. The standard InChI is InChI=1S/C26H27FN2O5S/c1-17-6-12-22(13-7-17)35(32,33)28-14-4-5-24(28)26(31)34-16-25(30)23-15-18(2)29(19(23)3)21-10-8-20(27)9-11-21/h6-13,15,24H,4-5,14,16H2,1-3H3. The van der Waals surface area contributed by atoms with Crippen molar-refractivity contribution in [1.82, 2.24) is 8.87 Å². The van der Waals surface area contributed by atoms with E-state index in [9.17, 15) is 22.4 Å². The van der Waals surface area contributed by atoms with Gasteiger partial charge >= 0.3 is 5.97 Å². The van der Waals surface area contributed by atoms with E-state index < -0.39 is 34.4 Å². The molecule has 2 aromatic carbocycles. The number of aromatic nitrogens is 1. The van der Waals surface area contributed by atoms with Crippen LogP contribution in [0, 0.1) is 26.6 Å². The van der Waals surface area contributed by atoms with E-state index in [0.29, 0.717) is 29.8 Å². The molecule has 0 spiro atoms. The van der Waals surface area contributed by atoms with Crippen LogP contribution < -0.4 is 0 Å². The van der Waals surface area contributed by atoms with E-state index in [1.807, 2.05) is 18.4 Å². The summed E-state index contributed by atoms with van der Waals surface area (Å²) < 4.78 is 47.7. The van der Waals surface area contributed by atoms with Crippen molar-refractivity contribution in [3.05, 3.63) is 82.9 Å². The summed E-state index contributed by atoms with van der Waals surface area (Å²) in [5.74, 6) is -1.49. The molecule has 0 aliphatic carbocycles. The first kappa shape index (κ1) is 24.8. The molecule has 1 saturated heterocycles. The van der Waals surface area contributed by atoms with Crippen LogP contribution in [0.2, 0.25) is 0 Å². The third-order valence-corrected chi connectivity index (χ3v) is 8.19. The Morgan fingerprint density at radius 2 is 1.69 bits per heavy atom. The number of Topliss-reactive ketones (excluding diaryl/α,β-unsaturated/α-hetero) is 1. The predicted molar refractivity (Wildman–Crippen MR) is 129 cm³/mol. The second kappa shape index (κ2) is 9.75. The van der Waals surface area contributed by atoms with Gasteiger partial charge in [0, 0.05) is 29.2 Å². The van der Waals surface area contributed by atoms with Gasteiger partial charge in [0.25, 0.3) is 0 Å². The van der Waals surface area contributed by atoms with Crippen molar-refractivity contribution < 1.29 is 27.1 Å². The van der Waals surface area contributed by atoms with Gasteiger partial charge in [-0.1, -0.05) is 17.7 Å². The lowest BCUT2D eigenvalue weighted by Gasteiger charge is -2.22. The Balaban J connectivity index is 1.46. The van der Waals surface area contributed by atoms with Crippen molar-refractivity contribution in [2.75, 3.05) is 13.2 Å². The number of hydrogen-bond acceptors (Lipinski definition) is 5. The number of benzene rings is 2. The average Bonchev–Trinajstić information content (AvgIpc) is 3.44. The van der Waals surface area contributed by atoms with Crippen LogP contribution in [0.3, 0.4) is 0 Å². The minimum atomic E-state index is -3.87. The molecule has 35 heavy (non-hydrogen) atoms. The second-order valence-electron chi connectivity index (χ2n) is 8.71. The van der Waals surface area contributed by atoms with Crippen molar-refractivity contribution in [2.45, 2.75) is 44.6 Å². The summed E-state index contributed by atoms with van der Waals surface area (Å²) in [6, 6.07) is 13.1. The zero-order valence-corrected chi connectivity index (χ0v) is 20.6. The monoisotopic (exact) mass is 498 g/mol. The quantitative estimate of drug-likeness (QED) is 0.361. The van der Waals surface area contributed by atoms with E-state index in [-0.39, 0.29) is 17.3 Å². The van der Waals surface area contributed by atoms with Crippen LogP contribution in [0.15, 0.2) is 59.5 Å². The molecule has 1 aromatic heterocycles. The number of carbonyl (C=O) groups is 2. The molecule has 4 rings (SSSR count). The summed E-state index contributed by atoms with van der Waals surface area (Å²) in [5, 5.41) is 0. The van der Waals surface area contributed by atoms with E-state index in [1.165, 1.54) is 24.3 Å². The lowest BCUT2D eigenvalue weighted by Crippen LogP contribution is -2.41. The van der Waals surface area contributed by atoms with Gasteiger partial charge in [-0.25, -0.2) is 12.8 Å². The zero-order chi connectivity index (χ0) is 25.3. The zero-order valence-electron chi connectivity index (χ0n) is 19.8. The molecule has 1 unspecified atom stereocenters. The van der Waals surface area contributed by atoms with Gasteiger partial charge in [0.1, 0.15) is 11.9 Å². The summed E-state index contributed by atoms with van der Waals surface area (Å²) in [6.45, 7) is 5.16. The molecular formula is C26H27FN2O5S. The van der Waals surface area contributed by atoms with E-state index >= 15 is 0 Å². The van der Waals surface area contributed by atoms with E-state index in [2.05, 4.69) is 0 Å². The summed E-state index contributed by atoms with van der Waals surface area (Å²) >= 11 is 0. The number of sulfonamides is 1. The topological polar surface area (TPSA) is 85.7 Å². The van der Waals surface area contributed by atoms with Crippen LogP contribution in [0.25, 0.3) is 5.69 Å². The van der Waals surface area contributed by atoms with Crippen molar-refractivity contribution in [2.24, 2.45) is 0 Å². The summed E-state index contributed by atoms with van der Waals surface area (Å²) in [5.41, 5.74) is 3.43. The molecule has 7 nitrogen and oxygen atoms in total. The number of ether oxygens (including phenoxy) is 1. The number of hydrogen-bond donors (Lipinski definition) is 0. The predicted octanol–water partition coefficient (Wildman–Crippen LogP) is 4.12. The van der Waals surface area contributed by atoms with Crippen LogP contribution >= 0.6 is 0 Å². The van der Waals surface area contributed by atoms with Gasteiger partial charge in [-0.05, 0) is 76.1 Å². The van der Waals surface area contributed by atoms with Crippen molar-refractivity contribution in [3.63, 3.8) is 0 Å². The van der Waals surface area contributed by atoms with E-state index in [4.69, 9.17) is 4.74 Å². The van der Waals surface area contributed by atoms with E-state index in [1.54, 1.807) is 37.3 Å². The first-order valence-corrected chi connectivity index (χ1v) is 12.8. The Kier molecular flexibility index (Phi) is 6.91. The third kappa shape index (κ3) is 4.92. The number of carbonyl (C=O) groups excluding carboxylic acids is 2. The first-order chi connectivity index (χ1) is 16.6. The van der Waals surface area contributed by atoms with Crippen LogP contribution in [0.1, 0.15) is 40.2 Å². The van der Waals surface area contributed by atoms with Crippen LogP contribution in [-0.4, -0.2) is 48.2 Å². The summed E-state index contributed by atoms with van der Waals surface area (Å²) in [6.07, 6.45) is 0.856. The minimum absolute atomic E-state index is 0.118. The number of aryl methyl sites for hydroxylation is 2. The highest BCUT2D eigenvalue weighted by atomic mass is 32.2. The molecule has 184 valence electrons. The van der Waals surface area contributed by atoms with Gasteiger partial charge in [0.15, 0.2) is 6.61 Å². The van der Waals surface area contributed by atoms with Crippen LogP contribution in [0.4, 0.5) is 4.39 Å². The Bertz CT molecular complexity index is 1360. The number of rotatable bonds is 7. The molecule has 9 heteroatoms. The number of esters is 1. The molecule has 1 aliphatic heterocycles. The molecular weight excluding hydrogens is 471 g/mol. The van der Waals surface area contributed by atoms with Crippen molar-refractivity contribution in [1.29, 1.82) is 0 Å². The molecule has 2 heterocycles. The highest BCUT2D eigenvalue weighted by Crippen LogP contribution is 2.27. The van der Waals surface area contributed by atoms with Gasteiger partial charge in [0.05, 0.1) is 4.90 Å². The molecule has 0 N–H and O–H groups in total. The van der Waals surface area contributed by atoms with Gasteiger partial charge < -0.3 is 9.30 Å². The first-order valence-electron chi connectivity index (χ1n) is 11.3. The van der Waals surface area contributed by atoms with Crippen LogP contribution in [-0.2, 0) is 19.6 Å². The lowest BCUT2D eigenvalue weighted by atomic mass is 10.1. The maximum Gasteiger partial charge on any atom is 0.324 e. The van der Waals surface area contributed by atoms with Gasteiger partial charge in [-0.3, -0.25) is 9.59 Å². The molecule has 0 bridgehead atoms. The maximum atomic E-state index is 13.3. The Morgan fingerprint density at radius 3 is 2.34 bits per heavy atom. The SMILES string of the molecule is Cc1ccc(S(=O)(=O)N2CCCC2C(=O)OCC(=O)c2cc(C)n(-c3ccc(F)cc3)c2C)cc1. The smallest absolute Gasteiger partial charge is 0.324 e. The third-order valence-electron chi connectivity index (χ3n) is 6.27. The average molecular weight is 499 g/mol. The number of halogens is 1. The second-order valence-corrected chi connectivity index (χ2v) is 10.6. The Morgan fingerprint density at radius 1 is 1.03 bits per heavy atom. The lowest BCUT2D eigenvalue weighted by molar-refractivity contribution is -0.146. The largest absolute Gasteiger partial charge is 0.456 e. The van der Waals surface area contributed by atoms with Crippen LogP contribution in [0.5, 0.6) is 0 Å². The molecule has 3 aromatic rings. The molecule has 0 amide bonds. The van der Waals surface area contributed by atoms with Crippen molar-refractivity contribution >= 4 is 21.8 Å². The van der Waals surface area contributed by atoms with Gasteiger partial charge in [-0.2, -0.15) is 4.31 Å². The number of nitrogens with zero attached hydrogens (tertiary/aromatic N) is 2. The number of ketones is 1. The van der Waals surface area contributed by atoms with E-state index in [0.717, 1.165) is 15.6 Å². The van der Waals surface area contributed by atoms with Gasteiger partial charge in [0.2, 0.25) is 15.8 Å². The molecule has 1 atom stereocenters. The highest BCUT2D eigenvalue weighted by molar-refractivity contribution is 7.89. The highest BCUT2D eigenvalue weighted by Gasteiger charge is 2.40. The fourth-order valence-corrected chi connectivity index (χ4v) is 6.10. The molecule has 0 radical (unpaired) electrons. The van der Waals surface area contributed by atoms with Crippen molar-refractivity contribution in [3.8, 4) is 5.69 Å². The Labute approximate surface area is 204 Å². The molecule has 0 saturated carbocycles. The van der Waals surface area contributed by atoms with Gasteiger partial charge in [-0.15, -0.1) is 0 Å². The Hall–Kier alpha value is -3.30. The summed E-state index contributed by atoms with van der Waals surface area (Å²) in [4.78, 5) is 25.8. The summed E-state index contributed by atoms with van der Waals surface area (Å²) in [7, 11) is -3.87. The fourth-order valence-electron chi connectivity index (χ4n) is 4.45. The molecule has 1 aliphatic rings. The maximum absolute atomic E-state index is 13.3. The minimum Gasteiger partial charge on any atom is -0.456 e. The normalized spacial score (nSPS) is 16.4. The fraction of sp³-hybridized carbons (Fsp3) is 0.308.